The Bertz CT molecular complexity index is 879. The molecule has 0 aliphatic carbocycles. The van der Waals surface area contributed by atoms with Gasteiger partial charge in [0.1, 0.15) is 5.82 Å². The van der Waals surface area contributed by atoms with E-state index in [1.54, 1.807) is 31.2 Å². The summed E-state index contributed by atoms with van der Waals surface area (Å²) in [7, 11) is 0. The average molecular weight is 332 g/mol. The molecule has 0 unspecified atom stereocenters. The normalized spacial score (nSPS) is 10.6. The van der Waals surface area contributed by atoms with E-state index in [0.717, 1.165) is 6.07 Å². The SMILES string of the molecule is Cc1nc(-c2cccc(NC(=O)c3ccc(F)c(Cl)c3)c2)no1. The van der Waals surface area contributed by atoms with Crippen LogP contribution in [0.4, 0.5) is 10.1 Å². The van der Waals surface area contributed by atoms with Gasteiger partial charge in [-0.25, -0.2) is 4.39 Å². The van der Waals surface area contributed by atoms with E-state index in [2.05, 4.69) is 15.5 Å². The maximum atomic E-state index is 13.1. The molecule has 3 rings (SSSR count). The second-order valence-electron chi connectivity index (χ2n) is 4.80. The van der Waals surface area contributed by atoms with E-state index in [0.29, 0.717) is 23.0 Å². The van der Waals surface area contributed by atoms with Gasteiger partial charge in [0.25, 0.3) is 5.91 Å². The van der Waals surface area contributed by atoms with Crippen molar-refractivity contribution in [2.45, 2.75) is 6.92 Å². The molecule has 7 heteroatoms. The predicted molar refractivity (Wildman–Crippen MR) is 83.8 cm³/mol. The lowest BCUT2D eigenvalue weighted by molar-refractivity contribution is 0.102. The number of aryl methyl sites for hydroxylation is 1. The molecule has 0 atom stereocenters. The summed E-state index contributed by atoms with van der Waals surface area (Å²) in [6.07, 6.45) is 0. The Labute approximate surface area is 136 Å². The molecule has 116 valence electrons. The fourth-order valence-electron chi connectivity index (χ4n) is 1.99. The first-order valence-corrected chi connectivity index (χ1v) is 7.08. The lowest BCUT2D eigenvalue weighted by Gasteiger charge is -2.07. The maximum absolute atomic E-state index is 13.1. The minimum atomic E-state index is -0.572. The fourth-order valence-corrected chi connectivity index (χ4v) is 2.17. The van der Waals surface area contributed by atoms with E-state index in [1.807, 2.05) is 0 Å². The summed E-state index contributed by atoms with van der Waals surface area (Å²) in [5, 5.41) is 6.44. The monoisotopic (exact) mass is 331 g/mol. The molecular weight excluding hydrogens is 321 g/mol. The lowest BCUT2D eigenvalue weighted by Crippen LogP contribution is -2.12. The summed E-state index contributed by atoms with van der Waals surface area (Å²) in [6.45, 7) is 1.69. The van der Waals surface area contributed by atoms with Crippen LogP contribution < -0.4 is 5.32 Å². The number of nitrogens with zero attached hydrogens (tertiary/aromatic N) is 2. The molecule has 1 N–H and O–H groups in total. The molecule has 2 aromatic carbocycles. The van der Waals surface area contributed by atoms with Crippen LogP contribution in [0.25, 0.3) is 11.4 Å². The van der Waals surface area contributed by atoms with Crippen LogP contribution in [0.5, 0.6) is 0 Å². The number of carbonyl (C=O) groups excluding carboxylic acids is 1. The number of hydrogen-bond acceptors (Lipinski definition) is 4. The second kappa shape index (κ2) is 6.18. The number of aromatic nitrogens is 2. The van der Waals surface area contributed by atoms with Crippen LogP contribution in [0.15, 0.2) is 47.0 Å². The van der Waals surface area contributed by atoms with Gasteiger partial charge in [-0.1, -0.05) is 28.9 Å². The third-order valence-electron chi connectivity index (χ3n) is 3.09. The first-order valence-electron chi connectivity index (χ1n) is 6.70. The molecule has 0 radical (unpaired) electrons. The highest BCUT2D eigenvalue weighted by Gasteiger charge is 2.11. The first kappa shape index (κ1) is 15.2. The van der Waals surface area contributed by atoms with Crippen LogP contribution in [-0.4, -0.2) is 16.0 Å². The Morgan fingerprint density at radius 3 is 2.78 bits per heavy atom. The summed E-state index contributed by atoms with van der Waals surface area (Å²) in [5.41, 5.74) is 1.52. The van der Waals surface area contributed by atoms with Crippen LogP contribution in [0.1, 0.15) is 16.2 Å². The van der Waals surface area contributed by atoms with Gasteiger partial charge in [0.05, 0.1) is 5.02 Å². The predicted octanol–water partition coefficient (Wildman–Crippen LogP) is 4.09. The zero-order valence-electron chi connectivity index (χ0n) is 12.0. The van der Waals surface area contributed by atoms with Gasteiger partial charge < -0.3 is 9.84 Å². The lowest BCUT2D eigenvalue weighted by atomic mass is 10.1. The van der Waals surface area contributed by atoms with Gasteiger partial charge in [-0.15, -0.1) is 0 Å². The van der Waals surface area contributed by atoms with Crippen molar-refractivity contribution < 1.29 is 13.7 Å². The van der Waals surface area contributed by atoms with Gasteiger partial charge in [-0.3, -0.25) is 4.79 Å². The minimum absolute atomic E-state index is 0.103. The summed E-state index contributed by atoms with van der Waals surface area (Å²) in [4.78, 5) is 16.3. The summed E-state index contributed by atoms with van der Waals surface area (Å²) < 4.78 is 18.1. The molecule has 0 saturated heterocycles. The number of benzene rings is 2. The molecule has 0 spiro atoms. The first-order chi connectivity index (χ1) is 11.0. The summed E-state index contributed by atoms with van der Waals surface area (Å²) >= 11 is 5.69. The Morgan fingerprint density at radius 1 is 1.26 bits per heavy atom. The summed E-state index contributed by atoms with van der Waals surface area (Å²) in [6, 6.07) is 10.8. The van der Waals surface area contributed by atoms with Gasteiger partial charge in [0.2, 0.25) is 11.7 Å². The van der Waals surface area contributed by atoms with Crippen molar-refractivity contribution in [3.05, 3.63) is 64.8 Å². The molecule has 1 amide bonds. The minimum Gasteiger partial charge on any atom is -0.339 e. The largest absolute Gasteiger partial charge is 0.339 e. The van der Waals surface area contributed by atoms with Crippen LogP contribution >= 0.6 is 11.6 Å². The molecule has 23 heavy (non-hydrogen) atoms. The quantitative estimate of drug-likeness (QED) is 0.785. The van der Waals surface area contributed by atoms with Crippen molar-refractivity contribution >= 4 is 23.2 Å². The fraction of sp³-hybridized carbons (Fsp3) is 0.0625. The van der Waals surface area contributed by atoms with Crippen LogP contribution in [0, 0.1) is 12.7 Å². The average Bonchev–Trinajstić information content (AvgIpc) is 2.97. The van der Waals surface area contributed by atoms with Crippen LogP contribution in [0.3, 0.4) is 0 Å². The number of carbonyl (C=O) groups is 1. The van der Waals surface area contributed by atoms with E-state index < -0.39 is 11.7 Å². The van der Waals surface area contributed by atoms with Gasteiger partial charge in [-0.2, -0.15) is 4.98 Å². The Morgan fingerprint density at radius 2 is 2.09 bits per heavy atom. The third kappa shape index (κ3) is 3.37. The Kier molecular flexibility index (Phi) is 4.08. The molecular formula is C16H11ClFN3O2. The third-order valence-corrected chi connectivity index (χ3v) is 3.38. The Balaban J connectivity index is 1.82. The van der Waals surface area contributed by atoms with E-state index in [4.69, 9.17) is 16.1 Å². The number of amides is 1. The summed E-state index contributed by atoms with van der Waals surface area (Å²) in [5.74, 6) is -0.0788. The number of anilines is 1. The van der Waals surface area contributed by atoms with Crippen molar-refractivity contribution in [3.8, 4) is 11.4 Å². The highest BCUT2D eigenvalue weighted by molar-refractivity contribution is 6.31. The highest BCUT2D eigenvalue weighted by atomic mass is 35.5. The second-order valence-corrected chi connectivity index (χ2v) is 5.21. The number of nitrogens with one attached hydrogen (secondary N) is 1. The smallest absolute Gasteiger partial charge is 0.255 e. The van der Waals surface area contributed by atoms with E-state index in [1.165, 1.54) is 12.1 Å². The number of rotatable bonds is 3. The van der Waals surface area contributed by atoms with Gasteiger partial charge in [-0.05, 0) is 30.3 Å². The van der Waals surface area contributed by atoms with Crippen LogP contribution in [0.2, 0.25) is 5.02 Å². The van der Waals surface area contributed by atoms with Crippen LogP contribution in [-0.2, 0) is 0 Å². The zero-order chi connectivity index (χ0) is 16.4. The van der Waals surface area contributed by atoms with E-state index in [-0.39, 0.29) is 10.6 Å². The molecule has 1 aromatic heterocycles. The Hall–Kier alpha value is -2.73. The zero-order valence-corrected chi connectivity index (χ0v) is 12.8. The number of halogens is 2. The topological polar surface area (TPSA) is 68.0 Å². The molecule has 0 bridgehead atoms. The van der Waals surface area contributed by atoms with E-state index in [9.17, 15) is 9.18 Å². The van der Waals surface area contributed by atoms with Crippen molar-refractivity contribution in [1.82, 2.24) is 10.1 Å². The number of hydrogen-bond donors (Lipinski definition) is 1. The molecule has 0 aliphatic rings. The van der Waals surface area contributed by atoms with Gasteiger partial charge in [0.15, 0.2) is 0 Å². The molecule has 0 fully saturated rings. The van der Waals surface area contributed by atoms with Crippen molar-refractivity contribution in [2.24, 2.45) is 0 Å². The van der Waals surface area contributed by atoms with Crippen molar-refractivity contribution in [3.63, 3.8) is 0 Å². The van der Waals surface area contributed by atoms with Crippen molar-refractivity contribution in [2.75, 3.05) is 5.32 Å². The standard InChI is InChI=1S/C16H11ClFN3O2/c1-9-19-15(21-23-9)10-3-2-4-12(7-10)20-16(22)11-5-6-14(18)13(17)8-11/h2-8H,1H3,(H,20,22). The van der Waals surface area contributed by atoms with E-state index >= 15 is 0 Å². The molecule has 1 heterocycles. The molecule has 0 aliphatic heterocycles. The molecule has 0 saturated carbocycles. The maximum Gasteiger partial charge on any atom is 0.255 e. The van der Waals surface area contributed by atoms with Gasteiger partial charge >= 0.3 is 0 Å². The molecule has 5 nitrogen and oxygen atoms in total. The van der Waals surface area contributed by atoms with Gasteiger partial charge in [0, 0.05) is 23.7 Å². The molecule has 3 aromatic rings. The van der Waals surface area contributed by atoms with Crippen molar-refractivity contribution in [1.29, 1.82) is 0 Å². The highest BCUT2D eigenvalue weighted by Crippen LogP contribution is 2.21.